The van der Waals surface area contributed by atoms with Crippen molar-refractivity contribution in [3.05, 3.63) is 34.9 Å². The van der Waals surface area contributed by atoms with Crippen LogP contribution in [0.4, 0.5) is 0 Å². The van der Waals surface area contributed by atoms with E-state index in [-0.39, 0.29) is 16.7 Å². The number of hydrogen-bond acceptors (Lipinski definition) is 3. The molecule has 34 heavy (non-hydrogen) atoms. The van der Waals surface area contributed by atoms with Crippen LogP contribution >= 0.6 is 0 Å². The highest BCUT2D eigenvalue weighted by molar-refractivity contribution is 5.86. The van der Waals surface area contributed by atoms with Crippen LogP contribution in [0.15, 0.2) is 34.9 Å². The molecule has 192 valence electrons. The molecule has 0 aromatic carbocycles. The van der Waals surface area contributed by atoms with Crippen LogP contribution < -0.4 is 0 Å². The average molecular weight is 473 g/mol. The lowest BCUT2D eigenvalue weighted by Crippen LogP contribution is -2.59. The standard InChI is InChI=1S/C30H48O4/c1-21(13-9-15-23(3)27(32)33)11-8-12-22(2)14-10-16-25-29(6)19-18-26(31)28(4,5)24(29)17-20-30(25,7)34/h11,14-15,24-25,34H,8-10,12-13,16-20H2,1-7H3,(H,32,33)/t24?,25-,29+,30-/m1/s1. The molecule has 0 saturated heterocycles. The normalized spacial score (nSPS) is 32.5. The second kappa shape index (κ2) is 11.4. The van der Waals surface area contributed by atoms with Gasteiger partial charge in [-0.05, 0) is 103 Å². The molecule has 0 bridgehead atoms. The van der Waals surface area contributed by atoms with Crippen LogP contribution in [0.5, 0.6) is 0 Å². The quantitative estimate of drug-likeness (QED) is 0.256. The highest BCUT2D eigenvalue weighted by atomic mass is 16.4. The molecule has 0 spiro atoms. The SMILES string of the molecule is CC(=CCCC(C)=CCC[C@@H]1[C@@]2(C)CCC(=O)C(C)(C)C2CC[C@@]1(C)O)CCC=C(C)C(=O)O. The Labute approximate surface area is 207 Å². The van der Waals surface area contributed by atoms with Gasteiger partial charge in [0, 0.05) is 17.4 Å². The number of hydrogen-bond donors (Lipinski definition) is 2. The van der Waals surface area contributed by atoms with Gasteiger partial charge in [-0.1, -0.05) is 50.1 Å². The van der Waals surface area contributed by atoms with Crippen molar-refractivity contribution in [1.82, 2.24) is 0 Å². The van der Waals surface area contributed by atoms with Gasteiger partial charge in [-0.25, -0.2) is 4.79 Å². The summed E-state index contributed by atoms with van der Waals surface area (Å²) >= 11 is 0. The van der Waals surface area contributed by atoms with Crippen LogP contribution in [0.1, 0.15) is 113 Å². The van der Waals surface area contributed by atoms with Crippen molar-refractivity contribution in [1.29, 1.82) is 0 Å². The zero-order valence-electron chi connectivity index (χ0n) is 22.7. The van der Waals surface area contributed by atoms with Gasteiger partial charge in [-0.15, -0.1) is 0 Å². The number of Topliss-reactive ketones (excluding diaryl/α,β-unsaturated/α-hetero) is 1. The van der Waals surface area contributed by atoms with E-state index in [1.165, 1.54) is 11.1 Å². The first kappa shape index (κ1) is 28.6. The van der Waals surface area contributed by atoms with Gasteiger partial charge in [0.15, 0.2) is 0 Å². The fourth-order valence-electron chi connectivity index (χ4n) is 6.82. The number of aliphatic carboxylic acids is 1. The summed E-state index contributed by atoms with van der Waals surface area (Å²) in [7, 11) is 0. The lowest BCUT2D eigenvalue weighted by Gasteiger charge is -2.60. The summed E-state index contributed by atoms with van der Waals surface area (Å²) in [4.78, 5) is 23.5. The number of carboxylic acids is 1. The molecule has 2 rings (SSSR count). The van der Waals surface area contributed by atoms with Crippen LogP contribution in [0.3, 0.4) is 0 Å². The van der Waals surface area contributed by atoms with E-state index in [1.54, 1.807) is 13.0 Å². The average Bonchev–Trinajstić information content (AvgIpc) is 2.72. The molecule has 1 unspecified atom stereocenters. The zero-order valence-corrected chi connectivity index (χ0v) is 22.7. The molecule has 0 amide bonds. The predicted molar refractivity (Wildman–Crippen MR) is 140 cm³/mol. The zero-order chi connectivity index (χ0) is 25.7. The van der Waals surface area contributed by atoms with Gasteiger partial charge in [0.05, 0.1) is 5.60 Å². The Kier molecular flexibility index (Phi) is 9.55. The van der Waals surface area contributed by atoms with E-state index in [2.05, 4.69) is 46.8 Å². The van der Waals surface area contributed by atoms with Crippen molar-refractivity contribution in [3.8, 4) is 0 Å². The summed E-state index contributed by atoms with van der Waals surface area (Å²) in [6.45, 7) is 14.5. The van der Waals surface area contributed by atoms with Crippen molar-refractivity contribution in [2.75, 3.05) is 0 Å². The number of carboxylic acid groups (broad SMARTS) is 1. The van der Waals surface area contributed by atoms with Crippen LogP contribution in [0.25, 0.3) is 0 Å². The fourth-order valence-corrected chi connectivity index (χ4v) is 6.82. The largest absolute Gasteiger partial charge is 0.478 e. The third-order valence-corrected chi connectivity index (χ3v) is 9.07. The Morgan fingerprint density at radius 3 is 2.09 bits per heavy atom. The molecule has 4 atom stereocenters. The molecule has 4 heteroatoms. The highest BCUT2D eigenvalue weighted by Gasteiger charge is 2.59. The van der Waals surface area contributed by atoms with Gasteiger partial charge in [-0.2, -0.15) is 0 Å². The minimum Gasteiger partial charge on any atom is -0.478 e. The number of rotatable bonds is 10. The molecule has 0 aromatic rings. The molecule has 2 aliphatic rings. The monoisotopic (exact) mass is 472 g/mol. The molecular formula is C30H48O4. The Bertz CT molecular complexity index is 842. The molecule has 0 aliphatic heterocycles. The number of ketones is 1. The number of fused-ring (bicyclic) bond motifs is 1. The Morgan fingerprint density at radius 1 is 0.941 bits per heavy atom. The predicted octanol–water partition coefficient (Wildman–Crippen LogP) is 7.42. The topological polar surface area (TPSA) is 74.6 Å². The summed E-state index contributed by atoms with van der Waals surface area (Å²) in [5.74, 6) is 0.100. The van der Waals surface area contributed by atoms with E-state index in [9.17, 15) is 14.7 Å². The Balaban J connectivity index is 1.92. The van der Waals surface area contributed by atoms with Crippen LogP contribution in [0.2, 0.25) is 0 Å². The van der Waals surface area contributed by atoms with Crippen LogP contribution in [-0.2, 0) is 9.59 Å². The minimum absolute atomic E-state index is 0.00813. The molecule has 0 aromatic heterocycles. The first-order valence-electron chi connectivity index (χ1n) is 13.2. The van der Waals surface area contributed by atoms with Gasteiger partial charge in [-0.3, -0.25) is 4.79 Å². The first-order valence-corrected chi connectivity index (χ1v) is 13.2. The van der Waals surface area contributed by atoms with Crippen molar-refractivity contribution >= 4 is 11.8 Å². The summed E-state index contributed by atoms with van der Waals surface area (Å²) in [6, 6.07) is 0. The molecule has 2 N–H and O–H groups in total. The lowest BCUT2D eigenvalue weighted by atomic mass is 9.45. The van der Waals surface area contributed by atoms with Gasteiger partial charge >= 0.3 is 5.97 Å². The molecule has 0 radical (unpaired) electrons. The molecule has 4 nitrogen and oxygen atoms in total. The third kappa shape index (κ3) is 6.71. The van der Waals surface area contributed by atoms with E-state index in [0.29, 0.717) is 23.7 Å². The maximum atomic E-state index is 12.6. The van der Waals surface area contributed by atoms with E-state index >= 15 is 0 Å². The summed E-state index contributed by atoms with van der Waals surface area (Å²) < 4.78 is 0. The van der Waals surface area contributed by atoms with E-state index in [1.807, 2.05) is 6.92 Å². The Hall–Kier alpha value is -1.68. The number of carbonyl (C=O) groups is 2. The summed E-state index contributed by atoms with van der Waals surface area (Å²) in [5.41, 5.74) is 2.13. The molecule has 2 aliphatic carbocycles. The molecule has 2 saturated carbocycles. The minimum atomic E-state index is -0.845. The number of aliphatic hydroxyl groups is 1. The first-order chi connectivity index (χ1) is 15.7. The lowest BCUT2D eigenvalue weighted by molar-refractivity contribution is -0.177. The summed E-state index contributed by atoms with van der Waals surface area (Å²) in [6.07, 6.45) is 15.2. The molecule has 0 heterocycles. The van der Waals surface area contributed by atoms with Crippen molar-refractivity contribution < 1.29 is 19.8 Å². The van der Waals surface area contributed by atoms with E-state index in [0.717, 1.165) is 57.8 Å². The van der Waals surface area contributed by atoms with Gasteiger partial charge in [0.25, 0.3) is 0 Å². The van der Waals surface area contributed by atoms with Crippen molar-refractivity contribution in [2.24, 2.45) is 22.7 Å². The molecule has 2 fully saturated rings. The van der Waals surface area contributed by atoms with Gasteiger partial charge in [0.1, 0.15) is 5.78 Å². The molecular weight excluding hydrogens is 424 g/mol. The summed E-state index contributed by atoms with van der Waals surface area (Å²) in [5, 5.41) is 20.2. The van der Waals surface area contributed by atoms with Crippen LogP contribution in [-0.4, -0.2) is 27.6 Å². The maximum Gasteiger partial charge on any atom is 0.330 e. The maximum absolute atomic E-state index is 12.6. The van der Waals surface area contributed by atoms with Crippen LogP contribution in [0, 0.1) is 22.7 Å². The Morgan fingerprint density at radius 2 is 1.50 bits per heavy atom. The van der Waals surface area contributed by atoms with Crippen molar-refractivity contribution in [2.45, 2.75) is 118 Å². The van der Waals surface area contributed by atoms with Gasteiger partial charge in [0.2, 0.25) is 0 Å². The third-order valence-electron chi connectivity index (χ3n) is 9.07. The fraction of sp³-hybridized carbons (Fsp3) is 0.733. The van der Waals surface area contributed by atoms with Crippen molar-refractivity contribution in [3.63, 3.8) is 0 Å². The number of allylic oxidation sites excluding steroid dienone is 5. The highest BCUT2D eigenvalue weighted by Crippen LogP contribution is 2.62. The van der Waals surface area contributed by atoms with Gasteiger partial charge < -0.3 is 10.2 Å². The second-order valence-corrected chi connectivity index (χ2v) is 12.1. The van der Waals surface area contributed by atoms with E-state index < -0.39 is 11.6 Å². The number of carbonyl (C=O) groups excluding carboxylic acids is 1. The smallest absolute Gasteiger partial charge is 0.330 e. The second-order valence-electron chi connectivity index (χ2n) is 12.1. The van der Waals surface area contributed by atoms with E-state index in [4.69, 9.17) is 5.11 Å².